The number of nitrogens with zero attached hydrogens (tertiary/aromatic N) is 1. The molecular formula is C20H13F2N3O4. The first-order valence-corrected chi connectivity index (χ1v) is 8.43. The number of hydrogen-bond acceptors (Lipinski definition) is 5. The van der Waals surface area contributed by atoms with Crippen LogP contribution in [0.25, 0.3) is 0 Å². The smallest absolute Gasteiger partial charge is 0.274 e. The Balaban J connectivity index is 1.49. The van der Waals surface area contributed by atoms with Gasteiger partial charge in [-0.1, -0.05) is 0 Å². The molecule has 2 heterocycles. The molecular weight excluding hydrogens is 384 g/mol. The number of hydrogen-bond donors (Lipinski definition) is 2. The maximum atomic E-state index is 13.7. The van der Waals surface area contributed by atoms with Gasteiger partial charge in [-0.25, -0.2) is 8.78 Å². The number of nitrogens with one attached hydrogen (secondary N) is 2. The molecule has 0 radical (unpaired) electrons. The number of pyridine rings is 1. The molecule has 4 rings (SSSR count). The quantitative estimate of drug-likeness (QED) is 0.702. The summed E-state index contributed by atoms with van der Waals surface area (Å²) < 4.78 is 37.2. The Bertz CT molecular complexity index is 1120. The molecule has 0 bridgehead atoms. The van der Waals surface area contributed by atoms with Gasteiger partial charge in [0.1, 0.15) is 17.3 Å². The van der Waals surface area contributed by atoms with E-state index in [-0.39, 0.29) is 23.7 Å². The Hall–Kier alpha value is -4.01. The fraction of sp³-hybridized carbons (Fsp3) is 0.0500. The average Bonchev–Trinajstić information content (AvgIpc) is 3.18. The zero-order valence-corrected chi connectivity index (χ0v) is 14.7. The molecule has 0 saturated heterocycles. The molecule has 0 spiro atoms. The number of rotatable bonds is 4. The molecule has 1 aromatic heterocycles. The minimum Gasteiger partial charge on any atom is -0.454 e. The molecule has 0 fully saturated rings. The molecule has 0 saturated carbocycles. The third kappa shape index (κ3) is 3.98. The summed E-state index contributed by atoms with van der Waals surface area (Å²) in [5.74, 6) is -1.81. The fourth-order valence-corrected chi connectivity index (χ4v) is 2.65. The molecule has 1 aliphatic rings. The number of amides is 2. The van der Waals surface area contributed by atoms with Crippen molar-refractivity contribution in [3.8, 4) is 11.5 Å². The zero-order valence-electron chi connectivity index (χ0n) is 14.7. The minimum absolute atomic E-state index is 0.105. The number of ether oxygens (including phenoxy) is 2. The summed E-state index contributed by atoms with van der Waals surface area (Å²) in [4.78, 5) is 28.7. The van der Waals surface area contributed by atoms with Crippen molar-refractivity contribution in [3.05, 3.63) is 77.6 Å². The normalized spacial score (nSPS) is 11.8. The van der Waals surface area contributed by atoms with Gasteiger partial charge < -0.3 is 20.1 Å². The van der Waals surface area contributed by atoms with Gasteiger partial charge in [-0.05, 0) is 36.4 Å². The van der Waals surface area contributed by atoms with Gasteiger partial charge >= 0.3 is 0 Å². The van der Waals surface area contributed by atoms with Crippen molar-refractivity contribution in [1.82, 2.24) is 4.98 Å². The Morgan fingerprint density at radius 2 is 1.72 bits per heavy atom. The Morgan fingerprint density at radius 3 is 2.55 bits per heavy atom. The van der Waals surface area contributed by atoms with Crippen LogP contribution in [0.2, 0.25) is 0 Å². The third-order valence-corrected chi connectivity index (χ3v) is 4.06. The van der Waals surface area contributed by atoms with Gasteiger partial charge in [-0.15, -0.1) is 0 Å². The zero-order chi connectivity index (χ0) is 20.4. The van der Waals surface area contributed by atoms with E-state index in [9.17, 15) is 18.4 Å². The number of aromatic nitrogens is 1. The van der Waals surface area contributed by atoms with Gasteiger partial charge in [0.15, 0.2) is 11.5 Å². The summed E-state index contributed by atoms with van der Waals surface area (Å²) in [6.07, 6.45) is 1.28. The second-order valence-electron chi connectivity index (χ2n) is 6.03. The van der Waals surface area contributed by atoms with Crippen LogP contribution in [0.3, 0.4) is 0 Å². The topological polar surface area (TPSA) is 89.6 Å². The fourth-order valence-electron chi connectivity index (χ4n) is 2.65. The number of fused-ring (bicyclic) bond motifs is 1. The molecule has 0 aliphatic carbocycles. The van der Waals surface area contributed by atoms with Crippen LogP contribution in [0.4, 0.5) is 20.2 Å². The highest BCUT2D eigenvalue weighted by Crippen LogP contribution is 2.34. The molecule has 3 aromatic rings. The van der Waals surface area contributed by atoms with Crippen LogP contribution < -0.4 is 20.1 Å². The van der Waals surface area contributed by atoms with Crippen LogP contribution in [0, 0.1) is 11.6 Å². The second kappa shape index (κ2) is 7.55. The van der Waals surface area contributed by atoms with Crippen molar-refractivity contribution in [2.75, 3.05) is 17.4 Å². The van der Waals surface area contributed by atoms with Gasteiger partial charge in [-0.2, -0.15) is 0 Å². The number of benzene rings is 2. The lowest BCUT2D eigenvalue weighted by molar-refractivity contribution is 0.102. The van der Waals surface area contributed by atoms with Crippen LogP contribution in [-0.4, -0.2) is 23.6 Å². The van der Waals surface area contributed by atoms with Crippen LogP contribution in [-0.2, 0) is 0 Å². The predicted octanol–water partition coefficient (Wildman–Crippen LogP) is 3.59. The van der Waals surface area contributed by atoms with Gasteiger partial charge in [0, 0.05) is 29.6 Å². The molecule has 1 aliphatic heterocycles. The highest BCUT2D eigenvalue weighted by atomic mass is 19.1. The van der Waals surface area contributed by atoms with Crippen molar-refractivity contribution >= 4 is 23.2 Å². The average molecular weight is 397 g/mol. The maximum absolute atomic E-state index is 13.7. The number of anilines is 2. The lowest BCUT2D eigenvalue weighted by Gasteiger charge is -2.08. The van der Waals surface area contributed by atoms with E-state index < -0.39 is 23.4 Å². The van der Waals surface area contributed by atoms with Crippen molar-refractivity contribution in [2.24, 2.45) is 0 Å². The van der Waals surface area contributed by atoms with E-state index in [1.165, 1.54) is 18.3 Å². The Labute approximate surface area is 163 Å². The monoisotopic (exact) mass is 397 g/mol. The molecule has 7 nitrogen and oxygen atoms in total. The van der Waals surface area contributed by atoms with E-state index >= 15 is 0 Å². The molecule has 0 atom stereocenters. The van der Waals surface area contributed by atoms with E-state index in [1.54, 1.807) is 18.2 Å². The lowest BCUT2D eigenvalue weighted by atomic mass is 10.2. The van der Waals surface area contributed by atoms with Crippen LogP contribution in [0.1, 0.15) is 20.8 Å². The van der Waals surface area contributed by atoms with E-state index in [0.717, 1.165) is 12.1 Å². The van der Waals surface area contributed by atoms with Crippen molar-refractivity contribution < 1.29 is 27.8 Å². The van der Waals surface area contributed by atoms with Crippen LogP contribution in [0.15, 0.2) is 54.7 Å². The molecule has 2 N–H and O–H groups in total. The first-order valence-electron chi connectivity index (χ1n) is 8.43. The summed E-state index contributed by atoms with van der Waals surface area (Å²) in [7, 11) is 0. The molecule has 146 valence electrons. The lowest BCUT2D eigenvalue weighted by Crippen LogP contribution is -2.17. The molecule has 2 aromatic carbocycles. The molecule has 0 unspecified atom stereocenters. The van der Waals surface area contributed by atoms with Crippen LogP contribution >= 0.6 is 0 Å². The van der Waals surface area contributed by atoms with Crippen molar-refractivity contribution in [3.63, 3.8) is 0 Å². The highest BCUT2D eigenvalue weighted by molar-refractivity contribution is 6.07. The Morgan fingerprint density at radius 1 is 0.897 bits per heavy atom. The highest BCUT2D eigenvalue weighted by Gasteiger charge is 2.17. The predicted molar refractivity (Wildman–Crippen MR) is 99.1 cm³/mol. The summed E-state index contributed by atoms with van der Waals surface area (Å²) in [5, 5.41) is 4.98. The van der Waals surface area contributed by atoms with Crippen molar-refractivity contribution in [1.29, 1.82) is 0 Å². The van der Waals surface area contributed by atoms with Gasteiger partial charge in [0.2, 0.25) is 6.79 Å². The number of carbonyl (C=O) groups is 2. The third-order valence-electron chi connectivity index (χ3n) is 4.06. The first-order chi connectivity index (χ1) is 14.0. The summed E-state index contributed by atoms with van der Waals surface area (Å²) in [5.41, 5.74) is 0.346. The summed E-state index contributed by atoms with van der Waals surface area (Å²) in [6, 6.07) is 10.4. The Kier molecular flexibility index (Phi) is 4.78. The summed E-state index contributed by atoms with van der Waals surface area (Å²) >= 11 is 0. The van der Waals surface area contributed by atoms with Crippen molar-refractivity contribution in [2.45, 2.75) is 0 Å². The largest absolute Gasteiger partial charge is 0.454 e. The standard InChI is InChI=1S/C20H13F2N3O4/c21-12-1-3-15(14(22)8-12)25-20(27)16-7-11(5-6-23-16)19(26)24-13-2-4-17-18(9-13)29-10-28-17/h1-9H,10H2,(H,24,26)(H,25,27). The SMILES string of the molecule is O=C(Nc1ccc2c(c1)OCO2)c1ccnc(C(=O)Nc2ccc(F)cc2F)c1. The van der Waals surface area contributed by atoms with E-state index in [0.29, 0.717) is 23.3 Å². The molecule has 9 heteroatoms. The van der Waals surface area contributed by atoms with Gasteiger partial charge in [0.05, 0.1) is 5.69 Å². The summed E-state index contributed by atoms with van der Waals surface area (Å²) in [6.45, 7) is 0.115. The van der Waals surface area contributed by atoms with Gasteiger partial charge in [-0.3, -0.25) is 14.6 Å². The first kappa shape index (κ1) is 18.4. The van der Waals surface area contributed by atoms with E-state index in [2.05, 4.69) is 15.6 Å². The molecule has 2 amide bonds. The minimum atomic E-state index is -0.921. The number of halogens is 2. The maximum Gasteiger partial charge on any atom is 0.274 e. The number of carbonyl (C=O) groups excluding carboxylic acids is 2. The van der Waals surface area contributed by atoms with E-state index in [4.69, 9.17) is 9.47 Å². The van der Waals surface area contributed by atoms with E-state index in [1.807, 2.05) is 0 Å². The second-order valence-corrected chi connectivity index (χ2v) is 6.03. The van der Waals surface area contributed by atoms with Crippen LogP contribution in [0.5, 0.6) is 11.5 Å². The molecule has 29 heavy (non-hydrogen) atoms. The van der Waals surface area contributed by atoms with Gasteiger partial charge in [0.25, 0.3) is 11.8 Å².